The maximum absolute atomic E-state index is 12.7. The van der Waals surface area contributed by atoms with Gasteiger partial charge in [0.15, 0.2) is 0 Å². The molecule has 0 spiro atoms. The molecular weight excluding hydrogens is 400 g/mol. The number of carbonyl (C=O) groups is 1. The van der Waals surface area contributed by atoms with Crippen molar-refractivity contribution in [3.05, 3.63) is 65.3 Å². The molecule has 1 N–H and O–H groups in total. The Morgan fingerprint density at radius 1 is 1.17 bits per heavy atom. The maximum atomic E-state index is 12.7. The monoisotopic (exact) mass is 426 g/mol. The standard InChI is InChI=1S/C24H27ClN2O3/c1-29-19-7-5-18(6-8-19)24(11-15-30-16-12-24)17-26-23(28)10-14-27-13-9-20-21(25)3-2-4-22(20)27/h2-9,13H,10-12,14-17H2,1H3,(H,26,28). The molecule has 4 rings (SSSR count). The van der Waals surface area contributed by atoms with E-state index in [0.29, 0.717) is 32.7 Å². The van der Waals surface area contributed by atoms with Crippen LogP contribution in [0.4, 0.5) is 0 Å². The fourth-order valence-corrected chi connectivity index (χ4v) is 4.47. The predicted octanol–water partition coefficient (Wildman–Crippen LogP) is 4.56. The smallest absolute Gasteiger partial charge is 0.221 e. The van der Waals surface area contributed by atoms with Crippen molar-refractivity contribution >= 4 is 28.4 Å². The van der Waals surface area contributed by atoms with Crippen LogP contribution in [0.5, 0.6) is 5.75 Å². The Labute approximate surface area is 181 Å². The van der Waals surface area contributed by atoms with Crippen LogP contribution in [0.25, 0.3) is 10.9 Å². The first kappa shape index (κ1) is 20.8. The Morgan fingerprint density at radius 3 is 2.67 bits per heavy atom. The molecule has 0 bridgehead atoms. The van der Waals surface area contributed by atoms with Crippen LogP contribution in [-0.2, 0) is 21.5 Å². The molecule has 158 valence electrons. The number of nitrogens with one attached hydrogen (secondary N) is 1. The maximum Gasteiger partial charge on any atom is 0.221 e. The van der Waals surface area contributed by atoms with E-state index in [1.807, 2.05) is 42.6 Å². The van der Waals surface area contributed by atoms with Crippen molar-refractivity contribution in [3.63, 3.8) is 0 Å². The predicted molar refractivity (Wildman–Crippen MR) is 119 cm³/mol. The Hall–Kier alpha value is -2.50. The van der Waals surface area contributed by atoms with Crippen molar-refractivity contribution in [2.24, 2.45) is 0 Å². The lowest BCUT2D eigenvalue weighted by Crippen LogP contribution is -2.44. The highest BCUT2D eigenvalue weighted by Gasteiger charge is 2.34. The summed E-state index contributed by atoms with van der Waals surface area (Å²) in [6, 6.07) is 16.0. The van der Waals surface area contributed by atoms with Gasteiger partial charge >= 0.3 is 0 Å². The van der Waals surface area contributed by atoms with E-state index in [0.717, 1.165) is 34.5 Å². The highest BCUT2D eigenvalue weighted by molar-refractivity contribution is 6.35. The van der Waals surface area contributed by atoms with Crippen LogP contribution in [-0.4, -0.2) is 37.3 Å². The van der Waals surface area contributed by atoms with Crippen LogP contribution in [0.2, 0.25) is 5.02 Å². The van der Waals surface area contributed by atoms with Crippen LogP contribution in [0.1, 0.15) is 24.8 Å². The minimum Gasteiger partial charge on any atom is -0.497 e. The van der Waals surface area contributed by atoms with E-state index in [9.17, 15) is 4.79 Å². The molecule has 5 nitrogen and oxygen atoms in total. The lowest BCUT2D eigenvalue weighted by molar-refractivity contribution is -0.121. The van der Waals surface area contributed by atoms with Crippen molar-refractivity contribution < 1.29 is 14.3 Å². The molecule has 1 fully saturated rings. The van der Waals surface area contributed by atoms with Gasteiger partial charge in [-0.05, 0) is 48.7 Å². The van der Waals surface area contributed by atoms with Crippen molar-refractivity contribution in [3.8, 4) is 5.75 Å². The quantitative estimate of drug-likeness (QED) is 0.602. The number of aryl methyl sites for hydroxylation is 1. The van der Waals surface area contributed by atoms with E-state index in [4.69, 9.17) is 21.1 Å². The van der Waals surface area contributed by atoms with Crippen molar-refractivity contribution in [1.82, 2.24) is 9.88 Å². The summed E-state index contributed by atoms with van der Waals surface area (Å²) in [5, 5.41) is 4.92. The van der Waals surface area contributed by atoms with Gasteiger partial charge in [-0.25, -0.2) is 0 Å². The summed E-state index contributed by atoms with van der Waals surface area (Å²) in [7, 11) is 1.67. The van der Waals surface area contributed by atoms with Gasteiger partial charge in [0.1, 0.15) is 5.75 Å². The average Bonchev–Trinajstić information content (AvgIpc) is 3.21. The summed E-state index contributed by atoms with van der Waals surface area (Å²) in [5.41, 5.74) is 2.17. The summed E-state index contributed by atoms with van der Waals surface area (Å²) in [6.07, 6.45) is 4.19. The normalized spacial score (nSPS) is 15.8. The number of aromatic nitrogens is 1. The minimum absolute atomic E-state index is 0.0539. The molecule has 3 aromatic rings. The van der Waals surface area contributed by atoms with Crippen LogP contribution in [0.15, 0.2) is 54.7 Å². The molecule has 2 aromatic carbocycles. The number of benzene rings is 2. The first-order valence-corrected chi connectivity index (χ1v) is 10.7. The molecule has 6 heteroatoms. The third-order valence-electron chi connectivity index (χ3n) is 6.12. The lowest BCUT2D eigenvalue weighted by Gasteiger charge is -2.38. The van der Waals surface area contributed by atoms with E-state index in [1.54, 1.807) is 7.11 Å². The van der Waals surface area contributed by atoms with Gasteiger partial charge < -0.3 is 19.4 Å². The van der Waals surface area contributed by atoms with Gasteiger partial charge in [0, 0.05) is 60.3 Å². The zero-order chi connectivity index (χ0) is 21.0. The molecule has 1 aliphatic heterocycles. The number of fused-ring (bicyclic) bond motifs is 1. The number of hydrogen-bond acceptors (Lipinski definition) is 3. The van der Waals surface area contributed by atoms with Crippen molar-refractivity contribution in [2.45, 2.75) is 31.2 Å². The molecule has 0 atom stereocenters. The van der Waals surface area contributed by atoms with Gasteiger partial charge in [-0.3, -0.25) is 4.79 Å². The third-order valence-corrected chi connectivity index (χ3v) is 6.45. The number of amides is 1. The third kappa shape index (κ3) is 4.32. The van der Waals surface area contributed by atoms with Crippen molar-refractivity contribution in [1.29, 1.82) is 0 Å². The van der Waals surface area contributed by atoms with Crippen LogP contribution in [0.3, 0.4) is 0 Å². The highest BCUT2D eigenvalue weighted by Crippen LogP contribution is 2.35. The number of hydrogen-bond donors (Lipinski definition) is 1. The first-order valence-electron chi connectivity index (χ1n) is 10.3. The molecule has 0 saturated carbocycles. The SMILES string of the molecule is COc1ccc(C2(CNC(=O)CCn3ccc4c(Cl)cccc43)CCOCC2)cc1. The van der Waals surface area contributed by atoms with Gasteiger partial charge in [-0.15, -0.1) is 0 Å². The molecule has 1 aromatic heterocycles. The second-order valence-corrected chi connectivity index (χ2v) is 8.24. The molecule has 1 aliphatic rings. The zero-order valence-corrected chi connectivity index (χ0v) is 18.0. The molecule has 1 saturated heterocycles. The molecule has 2 heterocycles. The van der Waals surface area contributed by atoms with E-state index in [2.05, 4.69) is 22.0 Å². The van der Waals surface area contributed by atoms with E-state index in [-0.39, 0.29) is 11.3 Å². The molecule has 1 amide bonds. The summed E-state index contributed by atoms with van der Waals surface area (Å²) < 4.78 is 13.0. The average molecular weight is 427 g/mol. The molecular formula is C24H27ClN2O3. The summed E-state index contributed by atoms with van der Waals surface area (Å²) >= 11 is 6.25. The molecule has 0 unspecified atom stereocenters. The Bertz CT molecular complexity index is 1010. The number of nitrogens with zero attached hydrogens (tertiary/aromatic N) is 1. The minimum atomic E-state index is -0.103. The topological polar surface area (TPSA) is 52.5 Å². The lowest BCUT2D eigenvalue weighted by atomic mass is 9.74. The second kappa shape index (κ2) is 9.11. The van der Waals surface area contributed by atoms with Crippen LogP contribution >= 0.6 is 11.6 Å². The first-order chi connectivity index (χ1) is 14.6. The second-order valence-electron chi connectivity index (χ2n) is 7.83. The van der Waals surface area contributed by atoms with Gasteiger partial charge in [-0.2, -0.15) is 0 Å². The largest absolute Gasteiger partial charge is 0.497 e. The zero-order valence-electron chi connectivity index (χ0n) is 17.2. The number of ether oxygens (including phenoxy) is 2. The summed E-state index contributed by atoms with van der Waals surface area (Å²) in [6.45, 7) is 2.64. The van der Waals surface area contributed by atoms with Crippen LogP contribution < -0.4 is 10.1 Å². The number of carbonyl (C=O) groups excluding carboxylic acids is 1. The van der Waals surface area contributed by atoms with Gasteiger partial charge in [-0.1, -0.05) is 29.8 Å². The van der Waals surface area contributed by atoms with Gasteiger partial charge in [0.2, 0.25) is 5.91 Å². The van der Waals surface area contributed by atoms with Crippen molar-refractivity contribution in [2.75, 3.05) is 26.9 Å². The fourth-order valence-electron chi connectivity index (χ4n) is 4.23. The summed E-state index contributed by atoms with van der Waals surface area (Å²) in [5.74, 6) is 0.891. The van der Waals surface area contributed by atoms with E-state index < -0.39 is 0 Å². The van der Waals surface area contributed by atoms with Gasteiger partial charge in [0.05, 0.1) is 7.11 Å². The number of halogens is 1. The molecule has 30 heavy (non-hydrogen) atoms. The van der Waals surface area contributed by atoms with Gasteiger partial charge in [0.25, 0.3) is 0 Å². The van der Waals surface area contributed by atoms with E-state index in [1.165, 1.54) is 5.56 Å². The highest BCUT2D eigenvalue weighted by atomic mass is 35.5. The number of methoxy groups -OCH3 is 1. The number of rotatable bonds is 7. The Morgan fingerprint density at radius 2 is 1.93 bits per heavy atom. The fraction of sp³-hybridized carbons (Fsp3) is 0.375. The summed E-state index contributed by atoms with van der Waals surface area (Å²) in [4.78, 5) is 12.7. The Kier molecular flexibility index (Phi) is 6.30. The Balaban J connectivity index is 1.40. The van der Waals surface area contributed by atoms with Crippen LogP contribution in [0, 0.1) is 0 Å². The molecule has 0 aliphatic carbocycles. The van der Waals surface area contributed by atoms with E-state index >= 15 is 0 Å². The molecule has 0 radical (unpaired) electrons.